The summed E-state index contributed by atoms with van der Waals surface area (Å²) in [6.45, 7) is 0. The Balaban J connectivity index is 2.31. The fourth-order valence-corrected chi connectivity index (χ4v) is 2.14. The fourth-order valence-electron chi connectivity index (χ4n) is 1.76. The van der Waals surface area contributed by atoms with Crippen LogP contribution in [0, 0.1) is 0 Å². The molecule has 0 atom stereocenters. The molecule has 0 fully saturated rings. The summed E-state index contributed by atoms with van der Waals surface area (Å²) < 4.78 is 2.22. The third kappa shape index (κ3) is 1.82. The Hall–Kier alpha value is -2.01. The van der Waals surface area contributed by atoms with Gasteiger partial charge in [-0.1, -0.05) is 22.0 Å². The molecule has 3 rings (SSSR count). The molecule has 0 bridgehead atoms. The van der Waals surface area contributed by atoms with Crippen LogP contribution in [0.3, 0.4) is 0 Å². The zero-order valence-electron chi connectivity index (χ0n) is 9.25. The highest BCUT2D eigenvalue weighted by Crippen LogP contribution is 2.16. The minimum absolute atomic E-state index is 0.168. The van der Waals surface area contributed by atoms with Crippen LogP contribution in [0.15, 0.2) is 58.1 Å². The summed E-state index contributed by atoms with van der Waals surface area (Å²) in [5, 5.41) is 5.57. The Morgan fingerprint density at radius 3 is 2.83 bits per heavy atom. The number of fused-ring (bicyclic) bond motifs is 1. The van der Waals surface area contributed by atoms with Gasteiger partial charge in [0.1, 0.15) is 0 Å². The number of pyridine rings is 1. The summed E-state index contributed by atoms with van der Waals surface area (Å²) in [7, 11) is 0. The number of aromatic nitrogens is 3. The molecule has 0 spiro atoms. The molecule has 3 aromatic rings. The van der Waals surface area contributed by atoms with Crippen LogP contribution < -0.4 is 5.56 Å². The zero-order valence-corrected chi connectivity index (χ0v) is 10.8. The summed E-state index contributed by atoms with van der Waals surface area (Å²) in [5.41, 5.74) is -0.168. The number of benzene rings is 1. The third-order valence-corrected chi connectivity index (χ3v) is 3.11. The van der Waals surface area contributed by atoms with Gasteiger partial charge in [-0.15, -0.1) is 0 Å². The Labute approximate surface area is 111 Å². The van der Waals surface area contributed by atoms with Crippen LogP contribution in [-0.2, 0) is 0 Å². The predicted octanol–water partition coefficient (Wildman–Crippen LogP) is 2.54. The van der Waals surface area contributed by atoms with Crippen molar-refractivity contribution < 1.29 is 0 Å². The van der Waals surface area contributed by atoms with E-state index in [9.17, 15) is 4.79 Å². The SMILES string of the molecule is O=c1c2ccc(Br)cc2cnn1-c1ccccn1. The molecule has 18 heavy (non-hydrogen) atoms. The van der Waals surface area contributed by atoms with Gasteiger partial charge in [0.05, 0.1) is 11.6 Å². The number of hydrogen-bond donors (Lipinski definition) is 0. The van der Waals surface area contributed by atoms with Crippen molar-refractivity contribution in [2.24, 2.45) is 0 Å². The predicted molar refractivity (Wildman–Crippen MR) is 72.8 cm³/mol. The Morgan fingerprint density at radius 2 is 2.06 bits per heavy atom. The van der Waals surface area contributed by atoms with E-state index >= 15 is 0 Å². The number of rotatable bonds is 1. The van der Waals surface area contributed by atoms with Crippen molar-refractivity contribution in [1.29, 1.82) is 0 Å². The molecule has 2 aromatic heterocycles. The van der Waals surface area contributed by atoms with Crippen molar-refractivity contribution in [2.75, 3.05) is 0 Å². The van der Waals surface area contributed by atoms with Gasteiger partial charge in [0.2, 0.25) is 0 Å². The highest BCUT2D eigenvalue weighted by Gasteiger charge is 2.06. The first-order valence-electron chi connectivity index (χ1n) is 5.35. The maximum absolute atomic E-state index is 12.3. The van der Waals surface area contributed by atoms with Gasteiger partial charge in [-0.3, -0.25) is 4.79 Å². The van der Waals surface area contributed by atoms with Gasteiger partial charge in [0, 0.05) is 16.1 Å². The van der Waals surface area contributed by atoms with Crippen molar-refractivity contribution in [3.05, 3.63) is 63.6 Å². The highest BCUT2D eigenvalue weighted by atomic mass is 79.9. The lowest BCUT2D eigenvalue weighted by Crippen LogP contribution is -2.21. The van der Waals surface area contributed by atoms with E-state index in [1.165, 1.54) is 4.68 Å². The van der Waals surface area contributed by atoms with Crippen molar-refractivity contribution >= 4 is 26.7 Å². The molecule has 0 amide bonds. The molecule has 5 heteroatoms. The third-order valence-electron chi connectivity index (χ3n) is 2.61. The van der Waals surface area contributed by atoms with E-state index in [0.29, 0.717) is 11.2 Å². The molecule has 0 aliphatic carbocycles. The van der Waals surface area contributed by atoms with Crippen LogP contribution >= 0.6 is 15.9 Å². The molecule has 0 aliphatic rings. The van der Waals surface area contributed by atoms with E-state index in [1.54, 1.807) is 30.6 Å². The molecule has 2 heterocycles. The molecular formula is C13H8BrN3O. The van der Waals surface area contributed by atoms with Crippen molar-refractivity contribution in [2.45, 2.75) is 0 Å². The topological polar surface area (TPSA) is 47.8 Å². The van der Waals surface area contributed by atoms with Gasteiger partial charge >= 0.3 is 0 Å². The smallest absolute Gasteiger partial charge is 0.267 e. The summed E-state index contributed by atoms with van der Waals surface area (Å²) in [6, 6.07) is 10.9. The first-order chi connectivity index (χ1) is 8.75. The first kappa shape index (κ1) is 11.1. The Kier molecular flexibility index (Phi) is 2.68. The van der Waals surface area contributed by atoms with E-state index in [4.69, 9.17) is 0 Å². The molecule has 88 valence electrons. The molecule has 4 nitrogen and oxygen atoms in total. The summed E-state index contributed by atoms with van der Waals surface area (Å²) in [5.74, 6) is 0.521. The second-order valence-corrected chi connectivity index (χ2v) is 4.70. The van der Waals surface area contributed by atoms with E-state index in [2.05, 4.69) is 26.0 Å². The summed E-state index contributed by atoms with van der Waals surface area (Å²) in [4.78, 5) is 16.4. The Bertz CT molecular complexity index is 768. The molecule has 0 saturated carbocycles. The standard InChI is InChI=1S/C13H8BrN3O/c14-10-4-5-11-9(7-10)8-16-17(13(11)18)12-3-1-2-6-15-12/h1-8H. The average molecular weight is 302 g/mol. The first-order valence-corrected chi connectivity index (χ1v) is 6.14. The summed E-state index contributed by atoms with van der Waals surface area (Å²) in [6.07, 6.45) is 3.30. The van der Waals surface area contributed by atoms with Crippen molar-refractivity contribution in [3.8, 4) is 5.82 Å². The monoisotopic (exact) mass is 301 g/mol. The summed E-state index contributed by atoms with van der Waals surface area (Å²) >= 11 is 3.37. The molecule has 1 aromatic carbocycles. The molecule has 0 N–H and O–H groups in total. The molecule has 0 aliphatic heterocycles. The molecule has 0 saturated heterocycles. The quantitative estimate of drug-likeness (QED) is 0.694. The molecular weight excluding hydrogens is 294 g/mol. The minimum atomic E-state index is -0.168. The number of hydrogen-bond acceptors (Lipinski definition) is 3. The second-order valence-electron chi connectivity index (χ2n) is 3.78. The maximum Gasteiger partial charge on any atom is 0.280 e. The minimum Gasteiger partial charge on any atom is -0.267 e. The van der Waals surface area contributed by atoms with Crippen LogP contribution in [0.2, 0.25) is 0 Å². The molecule has 0 radical (unpaired) electrons. The van der Waals surface area contributed by atoms with Gasteiger partial charge < -0.3 is 0 Å². The Morgan fingerprint density at radius 1 is 1.17 bits per heavy atom. The largest absolute Gasteiger partial charge is 0.280 e. The van der Waals surface area contributed by atoms with Gasteiger partial charge in [-0.2, -0.15) is 9.78 Å². The van der Waals surface area contributed by atoms with Crippen LogP contribution in [0.5, 0.6) is 0 Å². The van der Waals surface area contributed by atoms with Gasteiger partial charge in [-0.05, 0) is 30.3 Å². The van der Waals surface area contributed by atoms with Gasteiger partial charge in [0.15, 0.2) is 5.82 Å². The van der Waals surface area contributed by atoms with Crippen LogP contribution in [-0.4, -0.2) is 14.8 Å². The lowest BCUT2D eigenvalue weighted by Gasteiger charge is -2.04. The van der Waals surface area contributed by atoms with Crippen molar-refractivity contribution in [3.63, 3.8) is 0 Å². The van der Waals surface area contributed by atoms with E-state index in [-0.39, 0.29) is 5.56 Å². The van der Waals surface area contributed by atoms with Crippen LogP contribution in [0.25, 0.3) is 16.6 Å². The number of nitrogens with zero attached hydrogens (tertiary/aromatic N) is 3. The van der Waals surface area contributed by atoms with Gasteiger partial charge in [0.25, 0.3) is 5.56 Å². The normalized spacial score (nSPS) is 10.7. The fraction of sp³-hybridized carbons (Fsp3) is 0. The van der Waals surface area contributed by atoms with E-state index in [1.807, 2.05) is 18.2 Å². The lowest BCUT2D eigenvalue weighted by molar-refractivity contribution is 0.794. The average Bonchev–Trinajstić information content (AvgIpc) is 2.40. The maximum atomic E-state index is 12.3. The lowest BCUT2D eigenvalue weighted by atomic mass is 10.2. The van der Waals surface area contributed by atoms with Gasteiger partial charge in [-0.25, -0.2) is 4.98 Å². The second kappa shape index (κ2) is 4.34. The number of halogens is 1. The molecule has 0 unspecified atom stereocenters. The highest BCUT2D eigenvalue weighted by molar-refractivity contribution is 9.10. The van der Waals surface area contributed by atoms with Crippen LogP contribution in [0.4, 0.5) is 0 Å². The zero-order chi connectivity index (χ0) is 12.5. The van der Waals surface area contributed by atoms with E-state index in [0.717, 1.165) is 9.86 Å². The van der Waals surface area contributed by atoms with Crippen LogP contribution in [0.1, 0.15) is 0 Å². The van der Waals surface area contributed by atoms with Crippen molar-refractivity contribution in [1.82, 2.24) is 14.8 Å². The van der Waals surface area contributed by atoms with E-state index < -0.39 is 0 Å².